The molecule has 12 heteroatoms. The Balaban J connectivity index is 1.84. The summed E-state index contributed by atoms with van der Waals surface area (Å²) in [6.45, 7) is 0.171. The molecule has 0 atom stereocenters. The number of carbonyl (C=O) groups excluding carboxylic acids is 1. The van der Waals surface area contributed by atoms with Crippen molar-refractivity contribution in [3.63, 3.8) is 0 Å². The van der Waals surface area contributed by atoms with Gasteiger partial charge in [-0.05, 0) is 35.9 Å². The molecule has 0 aliphatic heterocycles. The molecule has 0 saturated carbocycles. The molecule has 0 aliphatic rings. The molecule has 0 aliphatic carbocycles. The number of rotatable bonds is 5. The number of nitrogens with one attached hydrogen (secondary N) is 2. The second-order valence-corrected chi connectivity index (χ2v) is 6.95. The number of alkyl halides is 6. The number of anilines is 2. The molecule has 0 spiro atoms. The van der Waals surface area contributed by atoms with E-state index in [9.17, 15) is 35.9 Å². The molecular formula is C21H16F6N4O2. The molecule has 174 valence electrons. The molecule has 0 fully saturated rings. The van der Waals surface area contributed by atoms with Crippen LogP contribution in [0.25, 0.3) is 0 Å². The lowest BCUT2D eigenvalue weighted by atomic mass is 10.1. The highest BCUT2D eigenvalue weighted by atomic mass is 19.4. The Morgan fingerprint density at radius 1 is 1.00 bits per heavy atom. The molecule has 0 saturated heterocycles. The molecule has 0 unspecified atom stereocenters. The molecule has 33 heavy (non-hydrogen) atoms. The number of hydrogen-bond donors (Lipinski definition) is 2. The van der Waals surface area contributed by atoms with Crippen LogP contribution in [0.4, 0.5) is 37.8 Å². The fourth-order valence-electron chi connectivity index (χ4n) is 2.97. The van der Waals surface area contributed by atoms with Crippen molar-refractivity contribution in [2.75, 3.05) is 10.6 Å². The first-order valence-corrected chi connectivity index (χ1v) is 9.30. The van der Waals surface area contributed by atoms with Gasteiger partial charge in [-0.25, -0.2) is 4.98 Å². The van der Waals surface area contributed by atoms with E-state index in [1.807, 2.05) is 0 Å². The van der Waals surface area contributed by atoms with E-state index in [1.165, 1.54) is 29.0 Å². The van der Waals surface area contributed by atoms with E-state index in [0.29, 0.717) is 5.56 Å². The van der Waals surface area contributed by atoms with E-state index >= 15 is 0 Å². The van der Waals surface area contributed by atoms with E-state index in [0.717, 1.165) is 6.07 Å². The Kier molecular flexibility index (Phi) is 6.47. The lowest BCUT2D eigenvalue weighted by Crippen LogP contribution is -2.19. The third-order valence-electron chi connectivity index (χ3n) is 4.55. The zero-order valence-corrected chi connectivity index (χ0v) is 16.9. The van der Waals surface area contributed by atoms with Gasteiger partial charge in [-0.1, -0.05) is 6.07 Å². The average molecular weight is 470 g/mol. The van der Waals surface area contributed by atoms with Gasteiger partial charge in [0.2, 0.25) is 5.56 Å². The summed E-state index contributed by atoms with van der Waals surface area (Å²) >= 11 is 0. The van der Waals surface area contributed by atoms with Gasteiger partial charge >= 0.3 is 12.4 Å². The number of pyridine rings is 2. The van der Waals surface area contributed by atoms with Crippen LogP contribution in [0.1, 0.15) is 27.0 Å². The van der Waals surface area contributed by atoms with Crippen LogP contribution in [0, 0.1) is 0 Å². The molecule has 2 N–H and O–H groups in total. The number of aryl methyl sites for hydroxylation is 1. The summed E-state index contributed by atoms with van der Waals surface area (Å²) in [6, 6.07) is 6.92. The third kappa shape index (κ3) is 5.70. The van der Waals surface area contributed by atoms with Crippen molar-refractivity contribution < 1.29 is 31.1 Å². The van der Waals surface area contributed by atoms with Crippen molar-refractivity contribution >= 4 is 17.4 Å². The van der Waals surface area contributed by atoms with Crippen molar-refractivity contribution in [1.82, 2.24) is 9.55 Å². The minimum atomic E-state index is -5.28. The summed E-state index contributed by atoms with van der Waals surface area (Å²) < 4.78 is 79.6. The number of hydrogen-bond acceptors (Lipinski definition) is 4. The largest absolute Gasteiger partial charge is 0.417 e. The molecule has 2 aromatic heterocycles. The van der Waals surface area contributed by atoms with Gasteiger partial charge < -0.3 is 15.2 Å². The van der Waals surface area contributed by atoms with E-state index in [4.69, 9.17) is 0 Å². The summed E-state index contributed by atoms with van der Waals surface area (Å²) in [5.74, 6) is -0.786. The van der Waals surface area contributed by atoms with Crippen LogP contribution in [0.2, 0.25) is 0 Å². The predicted molar refractivity (Wildman–Crippen MR) is 108 cm³/mol. The Morgan fingerprint density at radius 2 is 1.70 bits per heavy atom. The highest BCUT2D eigenvalue weighted by molar-refractivity contribution is 6.07. The second-order valence-electron chi connectivity index (χ2n) is 6.95. The molecule has 0 bridgehead atoms. The van der Waals surface area contributed by atoms with Crippen LogP contribution in [-0.4, -0.2) is 15.5 Å². The van der Waals surface area contributed by atoms with Crippen LogP contribution >= 0.6 is 0 Å². The van der Waals surface area contributed by atoms with Gasteiger partial charge in [-0.3, -0.25) is 9.59 Å². The van der Waals surface area contributed by atoms with Crippen molar-refractivity contribution in [2.24, 2.45) is 7.05 Å². The van der Waals surface area contributed by atoms with Crippen molar-refractivity contribution in [1.29, 1.82) is 0 Å². The zero-order chi connectivity index (χ0) is 24.4. The van der Waals surface area contributed by atoms with E-state index < -0.39 is 35.1 Å². The van der Waals surface area contributed by atoms with Gasteiger partial charge in [0.05, 0.1) is 16.7 Å². The second kappa shape index (κ2) is 8.96. The number of carbonyl (C=O) groups is 1. The number of nitrogens with zero attached hydrogens (tertiary/aromatic N) is 2. The maximum atomic E-state index is 13.1. The fraction of sp³-hybridized carbons (Fsp3) is 0.190. The molecule has 3 rings (SSSR count). The van der Waals surface area contributed by atoms with Crippen LogP contribution in [0.15, 0.2) is 59.7 Å². The maximum absolute atomic E-state index is 13.1. The topological polar surface area (TPSA) is 76.0 Å². The number of benzene rings is 1. The summed E-state index contributed by atoms with van der Waals surface area (Å²) in [7, 11) is 1.56. The average Bonchev–Trinajstić information content (AvgIpc) is 2.73. The van der Waals surface area contributed by atoms with Crippen LogP contribution in [0.3, 0.4) is 0 Å². The first kappa shape index (κ1) is 23.8. The minimum absolute atomic E-state index is 0.0456. The van der Waals surface area contributed by atoms with Gasteiger partial charge in [0.25, 0.3) is 5.91 Å². The molecule has 1 amide bonds. The van der Waals surface area contributed by atoms with Gasteiger partial charge in [-0.15, -0.1) is 0 Å². The van der Waals surface area contributed by atoms with Gasteiger partial charge in [0, 0.05) is 37.7 Å². The van der Waals surface area contributed by atoms with Crippen molar-refractivity contribution in [3.05, 3.63) is 87.5 Å². The van der Waals surface area contributed by atoms with E-state index in [2.05, 4.69) is 15.6 Å². The van der Waals surface area contributed by atoms with Crippen molar-refractivity contribution in [2.45, 2.75) is 18.9 Å². The SMILES string of the molecule is Cn1cc(CNc2ncccc2C(=O)Nc2ccc(C(F)(F)F)c(C(F)(F)F)c2)ccc1=O. The van der Waals surface area contributed by atoms with Gasteiger partial charge in [0.15, 0.2) is 0 Å². The minimum Gasteiger partial charge on any atom is -0.365 e. The first-order chi connectivity index (χ1) is 15.4. The Bertz CT molecular complexity index is 1230. The van der Waals surface area contributed by atoms with Crippen LogP contribution in [-0.2, 0) is 25.9 Å². The quantitative estimate of drug-likeness (QED) is 0.531. The van der Waals surface area contributed by atoms with E-state index in [1.54, 1.807) is 19.3 Å². The Hall–Kier alpha value is -3.83. The van der Waals surface area contributed by atoms with Crippen LogP contribution in [0.5, 0.6) is 0 Å². The molecule has 1 aromatic carbocycles. The summed E-state index contributed by atoms with van der Waals surface area (Å²) in [5, 5.41) is 5.06. The van der Waals surface area contributed by atoms with Crippen LogP contribution < -0.4 is 16.2 Å². The first-order valence-electron chi connectivity index (χ1n) is 9.30. The smallest absolute Gasteiger partial charge is 0.365 e. The number of aromatic nitrogens is 2. The molecule has 3 aromatic rings. The molecule has 6 nitrogen and oxygen atoms in total. The summed E-state index contributed by atoms with van der Waals surface area (Å²) in [4.78, 5) is 28.1. The predicted octanol–water partition coefficient (Wildman–Crippen LogP) is 4.68. The third-order valence-corrected chi connectivity index (χ3v) is 4.55. The van der Waals surface area contributed by atoms with Gasteiger partial charge in [0.1, 0.15) is 5.82 Å². The zero-order valence-electron chi connectivity index (χ0n) is 16.9. The fourth-order valence-corrected chi connectivity index (χ4v) is 2.97. The molecular weight excluding hydrogens is 454 g/mol. The summed E-state index contributed by atoms with van der Waals surface area (Å²) in [6.07, 6.45) is -7.55. The van der Waals surface area contributed by atoms with Gasteiger partial charge in [-0.2, -0.15) is 26.3 Å². The summed E-state index contributed by atoms with van der Waals surface area (Å²) in [5.41, 5.74) is -3.80. The number of amides is 1. The Labute approximate surface area is 182 Å². The molecule has 2 heterocycles. The maximum Gasteiger partial charge on any atom is 0.417 e. The normalized spacial score (nSPS) is 11.8. The highest BCUT2D eigenvalue weighted by Gasteiger charge is 2.43. The van der Waals surface area contributed by atoms with E-state index in [-0.39, 0.29) is 35.6 Å². The lowest BCUT2D eigenvalue weighted by molar-refractivity contribution is -0.162. The molecule has 0 radical (unpaired) electrons. The lowest BCUT2D eigenvalue weighted by Gasteiger charge is -2.17. The standard InChI is InChI=1S/C21H16F6N4O2/c1-31-11-12(4-7-17(31)32)10-29-18-14(3-2-8-28-18)19(33)30-13-5-6-15(20(22,23)24)16(9-13)21(25,26)27/h2-9,11H,10H2,1H3,(H,28,29)(H,30,33). The highest BCUT2D eigenvalue weighted by Crippen LogP contribution is 2.41. The monoisotopic (exact) mass is 470 g/mol. The Morgan fingerprint density at radius 3 is 2.33 bits per heavy atom. The number of halogens is 6. The van der Waals surface area contributed by atoms with Crippen molar-refractivity contribution in [3.8, 4) is 0 Å².